The van der Waals surface area contributed by atoms with E-state index in [4.69, 9.17) is 0 Å². The standard InChI is InChI=1S/C24H19FN2S/c25-20-6-3-17(4-7-20)24-21(16-9-11-26-12-10-16)15-22(27-24)18-5-8-23-19(14-18)2-1-13-28-23/h3-12,14-15,27H,1-2,13H2. The summed E-state index contributed by atoms with van der Waals surface area (Å²) >= 11 is 1.94. The second-order valence-electron chi connectivity index (χ2n) is 6.99. The van der Waals surface area contributed by atoms with Crippen LogP contribution in [-0.2, 0) is 6.42 Å². The minimum absolute atomic E-state index is 0.229. The fraction of sp³-hybridized carbons (Fsp3) is 0.125. The molecule has 1 aliphatic heterocycles. The third kappa shape index (κ3) is 3.25. The first-order valence-electron chi connectivity index (χ1n) is 9.43. The smallest absolute Gasteiger partial charge is 0.123 e. The Kier molecular flexibility index (Phi) is 4.49. The Morgan fingerprint density at radius 1 is 0.857 bits per heavy atom. The summed E-state index contributed by atoms with van der Waals surface area (Å²) in [6.45, 7) is 0. The van der Waals surface area contributed by atoms with Crippen LogP contribution in [0.1, 0.15) is 12.0 Å². The Labute approximate surface area is 167 Å². The summed E-state index contributed by atoms with van der Waals surface area (Å²) in [7, 11) is 0. The lowest BCUT2D eigenvalue weighted by Gasteiger charge is -2.15. The molecule has 0 aliphatic carbocycles. The van der Waals surface area contributed by atoms with Crippen molar-refractivity contribution in [3.8, 4) is 33.6 Å². The fourth-order valence-electron chi connectivity index (χ4n) is 3.74. The number of rotatable bonds is 3. The second kappa shape index (κ2) is 7.28. The number of hydrogen-bond acceptors (Lipinski definition) is 2. The van der Waals surface area contributed by atoms with Crippen LogP contribution in [-0.4, -0.2) is 15.7 Å². The molecule has 0 amide bonds. The van der Waals surface area contributed by atoms with Crippen molar-refractivity contribution < 1.29 is 4.39 Å². The molecule has 1 N–H and O–H groups in total. The summed E-state index contributed by atoms with van der Waals surface area (Å²) in [5.41, 5.74) is 7.83. The zero-order valence-electron chi connectivity index (χ0n) is 15.3. The molecule has 0 saturated carbocycles. The van der Waals surface area contributed by atoms with Gasteiger partial charge in [0.1, 0.15) is 5.82 Å². The molecule has 0 fully saturated rings. The van der Waals surface area contributed by atoms with Gasteiger partial charge in [-0.25, -0.2) is 4.39 Å². The lowest BCUT2D eigenvalue weighted by molar-refractivity contribution is 0.628. The maximum Gasteiger partial charge on any atom is 0.123 e. The monoisotopic (exact) mass is 386 g/mol. The molecular weight excluding hydrogens is 367 g/mol. The van der Waals surface area contributed by atoms with Gasteiger partial charge in [0, 0.05) is 28.5 Å². The molecule has 3 heterocycles. The summed E-state index contributed by atoms with van der Waals surface area (Å²) in [6, 6.07) is 19.6. The average Bonchev–Trinajstić information content (AvgIpc) is 3.20. The van der Waals surface area contributed by atoms with E-state index in [2.05, 4.69) is 34.2 Å². The van der Waals surface area contributed by atoms with Crippen molar-refractivity contribution >= 4 is 11.8 Å². The molecule has 2 nitrogen and oxygen atoms in total. The molecule has 0 unspecified atom stereocenters. The van der Waals surface area contributed by atoms with Crippen LogP contribution in [0, 0.1) is 5.82 Å². The minimum atomic E-state index is -0.229. The van der Waals surface area contributed by atoms with Crippen LogP contribution in [0.2, 0.25) is 0 Å². The van der Waals surface area contributed by atoms with Crippen molar-refractivity contribution in [2.24, 2.45) is 0 Å². The molecule has 0 bridgehead atoms. The Bertz CT molecular complexity index is 1120. The number of hydrogen-bond donors (Lipinski definition) is 1. The highest BCUT2D eigenvalue weighted by Gasteiger charge is 2.16. The van der Waals surface area contributed by atoms with Crippen LogP contribution in [0.5, 0.6) is 0 Å². The van der Waals surface area contributed by atoms with E-state index in [1.165, 1.54) is 40.3 Å². The van der Waals surface area contributed by atoms with Crippen LogP contribution >= 0.6 is 11.8 Å². The number of H-pyrrole nitrogens is 1. The van der Waals surface area contributed by atoms with E-state index >= 15 is 0 Å². The molecule has 4 heteroatoms. The number of fused-ring (bicyclic) bond motifs is 1. The molecule has 2 aromatic carbocycles. The number of pyridine rings is 1. The number of nitrogens with zero attached hydrogens (tertiary/aromatic N) is 1. The van der Waals surface area contributed by atoms with Gasteiger partial charge in [-0.1, -0.05) is 6.07 Å². The summed E-state index contributed by atoms with van der Waals surface area (Å²) in [5, 5.41) is 0. The molecule has 28 heavy (non-hydrogen) atoms. The Morgan fingerprint density at radius 3 is 2.46 bits per heavy atom. The van der Waals surface area contributed by atoms with Gasteiger partial charge in [0.2, 0.25) is 0 Å². The molecule has 5 rings (SSSR count). The molecular formula is C24H19FN2S. The second-order valence-corrected chi connectivity index (χ2v) is 8.13. The van der Waals surface area contributed by atoms with Crippen molar-refractivity contribution in [2.45, 2.75) is 17.7 Å². The third-order valence-electron chi connectivity index (χ3n) is 5.16. The summed E-state index contributed by atoms with van der Waals surface area (Å²) in [4.78, 5) is 9.12. The molecule has 0 saturated heterocycles. The Morgan fingerprint density at radius 2 is 1.64 bits per heavy atom. The van der Waals surface area contributed by atoms with E-state index in [1.807, 2.05) is 36.0 Å². The van der Waals surface area contributed by atoms with Gasteiger partial charge in [0.25, 0.3) is 0 Å². The van der Waals surface area contributed by atoms with Crippen molar-refractivity contribution in [1.82, 2.24) is 9.97 Å². The van der Waals surface area contributed by atoms with Crippen LogP contribution in [0.3, 0.4) is 0 Å². The number of nitrogens with one attached hydrogen (secondary N) is 1. The van der Waals surface area contributed by atoms with Gasteiger partial charge in [0.15, 0.2) is 0 Å². The number of aromatic nitrogens is 2. The van der Waals surface area contributed by atoms with Crippen molar-refractivity contribution in [3.05, 3.63) is 84.4 Å². The van der Waals surface area contributed by atoms with E-state index in [9.17, 15) is 4.39 Å². The van der Waals surface area contributed by atoms with Gasteiger partial charge >= 0.3 is 0 Å². The molecule has 138 valence electrons. The molecule has 0 radical (unpaired) electrons. The van der Waals surface area contributed by atoms with Crippen molar-refractivity contribution in [3.63, 3.8) is 0 Å². The highest BCUT2D eigenvalue weighted by atomic mass is 32.2. The highest BCUT2D eigenvalue weighted by Crippen LogP contribution is 2.38. The van der Waals surface area contributed by atoms with Crippen LogP contribution in [0.4, 0.5) is 4.39 Å². The fourth-order valence-corrected chi connectivity index (χ4v) is 4.76. The van der Waals surface area contributed by atoms with Gasteiger partial charge in [-0.3, -0.25) is 4.98 Å². The molecule has 2 aromatic heterocycles. The predicted molar refractivity (Wildman–Crippen MR) is 114 cm³/mol. The summed E-state index contributed by atoms with van der Waals surface area (Å²) < 4.78 is 13.4. The van der Waals surface area contributed by atoms with E-state index < -0.39 is 0 Å². The van der Waals surface area contributed by atoms with E-state index in [-0.39, 0.29) is 5.82 Å². The first-order chi connectivity index (χ1) is 13.8. The molecule has 4 aromatic rings. The number of halogens is 1. The van der Waals surface area contributed by atoms with E-state index in [0.29, 0.717) is 0 Å². The lowest BCUT2D eigenvalue weighted by Crippen LogP contribution is -1.98. The van der Waals surface area contributed by atoms with Crippen LogP contribution in [0.25, 0.3) is 33.6 Å². The summed E-state index contributed by atoms with van der Waals surface area (Å²) in [6.07, 6.45) is 5.97. The molecule has 0 atom stereocenters. The van der Waals surface area contributed by atoms with Gasteiger partial charge in [0.05, 0.1) is 5.69 Å². The quantitative estimate of drug-likeness (QED) is 0.430. The largest absolute Gasteiger partial charge is 0.354 e. The highest BCUT2D eigenvalue weighted by molar-refractivity contribution is 7.99. The van der Waals surface area contributed by atoms with Gasteiger partial charge in [-0.05, 0) is 95.4 Å². The van der Waals surface area contributed by atoms with Crippen LogP contribution in [0.15, 0.2) is 78.0 Å². The van der Waals surface area contributed by atoms with Crippen molar-refractivity contribution in [2.75, 3.05) is 5.75 Å². The van der Waals surface area contributed by atoms with E-state index in [0.717, 1.165) is 34.5 Å². The number of aryl methyl sites for hydroxylation is 1. The predicted octanol–water partition coefficient (Wildman–Crippen LogP) is 6.59. The van der Waals surface area contributed by atoms with Gasteiger partial charge in [-0.2, -0.15) is 0 Å². The third-order valence-corrected chi connectivity index (χ3v) is 6.36. The number of benzene rings is 2. The Hall–Kier alpha value is -2.85. The first-order valence-corrected chi connectivity index (χ1v) is 10.4. The Balaban J connectivity index is 1.65. The number of thioether (sulfide) groups is 1. The zero-order chi connectivity index (χ0) is 18.9. The van der Waals surface area contributed by atoms with Gasteiger partial charge in [-0.15, -0.1) is 11.8 Å². The van der Waals surface area contributed by atoms with Crippen molar-refractivity contribution in [1.29, 1.82) is 0 Å². The number of aromatic amines is 1. The van der Waals surface area contributed by atoms with Gasteiger partial charge < -0.3 is 4.98 Å². The zero-order valence-corrected chi connectivity index (χ0v) is 16.1. The SMILES string of the molecule is Fc1ccc(-c2[nH]c(-c3ccc4c(c3)CCCS4)cc2-c2ccncc2)cc1. The maximum atomic E-state index is 13.4. The lowest BCUT2D eigenvalue weighted by atomic mass is 10.0. The molecule has 1 aliphatic rings. The maximum absolute atomic E-state index is 13.4. The van der Waals surface area contributed by atoms with E-state index in [1.54, 1.807) is 12.4 Å². The average molecular weight is 386 g/mol. The topological polar surface area (TPSA) is 28.7 Å². The first kappa shape index (κ1) is 17.3. The van der Waals surface area contributed by atoms with Crippen LogP contribution < -0.4 is 0 Å². The summed E-state index contributed by atoms with van der Waals surface area (Å²) in [5.74, 6) is 0.976. The molecule has 0 spiro atoms. The normalized spacial score (nSPS) is 13.3. The minimum Gasteiger partial charge on any atom is -0.354 e.